The molecular weight excluding hydrogens is 324 g/mol. The lowest BCUT2D eigenvalue weighted by molar-refractivity contribution is -0.117. The van der Waals surface area contributed by atoms with Crippen molar-refractivity contribution in [2.75, 3.05) is 11.4 Å². The third-order valence-corrected chi connectivity index (χ3v) is 7.18. The van der Waals surface area contributed by atoms with Gasteiger partial charge < -0.3 is 4.90 Å². The van der Waals surface area contributed by atoms with Gasteiger partial charge in [-0.3, -0.25) is 4.79 Å². The van der Waals surface area contributed by atoms with Crippen molar-refractivity contribution in [3.05, 3.63) is 23.3 Å². The van der Waals surface area contributed by atoms with Gasteiger partial charge in [0.15, 0.2) is 0 Å². The SMILES string of the molecule is CC1CCCCC1NS(=O)(=O)c1cc2c3c(c1)CC(=O)N3CCC2. The zero-order chi connectivity index (χ0) is 16.9. The van der Waals surface area contributed by atoms with E-state index < -0.39 is 10.0 Å². The maximum absolute atomic E-state index is 12.9. The lowest BCUT2D eigenvalue weighted by Crippen LogP contribution is -2.41. The summed E-state index contributed by atoms with van der Waals surface area (Å²) in [6.45, 7) is 2.87. The van der Waals surface area contributed by atoms with Crippen molar-refractivity contribution in [1.29, 1.82) is 0 Å². The Kier molecular flexibility index (Phi) is 3.92. The first-order chi connectivity index (χ1) is 11.5. The highest BCUT2D eigenvalue weighted by Crippen LogP contribution is 2.38. The van der Waals surface area contributed by atoms with E-state index in [0.29, 0.717) is 17.2 Å². The zero-order valence-electron chi connectivity index (χ0n) is 14.0. The fourth-order valence-electron chi connectivity index (χ4n) is 4.36. The van der Waals surface area contributed by atoms with Crippen LogP contribution in [-0.2, 0) is 27.7 Å². The largest absolute Gasteiger partial charge is 0.312 e. The molecule has 1 N–H and O–H groups in total. The highest BCUT2D eigenvalue weighted by atomic mass is 32.2. The summed E-state index contributed by atoms with van der Waals surface area (Å²) in [6.07, 6.45) is 6.31. The average Bonchev–Trinajstić information content (AvgIpc) is 2.87. The summed E-state index contributed by atoms with van der Waals surface area (Å²) < 4.78 is 28.7. The number of hydrogen-bond donors (Lipinski definition) is 1. The molecule has 3 aliphatic rings. The van der Waals surface area contributed by atoms with Gasteiger partial charge in [0.2, 0.25) is 15.9 Å². The molecule has 1 amide bonds. The van der Waals surface area contributed by atoms with Crippen LogP contribution >= 0.6 is 0 Å². The van der Waals surface area contributed by atoms with Crippen molar-refractivity contribution in [2.45, 2.75) is 62.8 Å². The van der Waals surface area contributed by atoms with E-state index in [4.69, 9.17) is 0 Å². The second-order valence-corrected chi connectivity index (χ2v) is 9.12. The molecule has 2 unspecified atom stereocenters. The third-order valence-electron chi connectivity index (χ3n) is 5.71. The summed E-state index contributed by atoms with van der Waals surface area (Å²) in [5.41, 5.74) is 2.84. The molecule has 2 heterocycles. The van der Waals surface area contributed by atoms with Gasteiger partial charge in [0.05, 0.1) is 17.0 Å². The lowest BCUT2D eigenvalue weighted by Gasteiger charge is -2.30. The Labute approximate surface area is 143 Å². The second-order valence-electron chi connectivity index (χ2n) is 7.41. The van der Waals surface area contributed by atoms with Crippen molar-refractivity contribution in [1.82, 2.24) is 4.72 Å². The van der Waals surface area contributed by atoms with Crippen LogP contribution in [0, 0.1) is 5.92 Å². The summed E-state index contributed by atoms with van der Waals surface area (Å²) in [6, 6.07) is 3.50. The molecule has 0 saturated heterocycles. The van der Waals surface area contributed by atoms with Crippen LogP contribution in [0.25, 0.3) is 0 Å². The van der Waals surface area contributed by atoms with Crippen LogP contribution < -0.4 is 9.62 Å². The smallest absolute Gasteiger partial charge is 0.240 e. The van der Waals surface area contributed by atoms with Crippen molar-refractivity contribution in [3.63, 3.8) is 0 Å². The van der Waals surface area contributed by atoms with Gasteiger partial charge in [0.25, 0.3) is 0 Å². The number of carbonyl (C=O) groups is 1. The van der Waals surface area contributed by atoms with Gasteiger partial charge >= 0.3 is 0 Å². The first-order valence-electron chi connectivity index (χ1n) is 8.94. The predicted molar refractivity (Wildman–Crippen MR) is 92.6 cm³/mol. The molecular formula is C18H24N2O3S. The Balaban J connectivity index is 1.67. The van der Waals surface area contributed by atoms with Gasteiger partial charge in [-0.2, -0.15) is 0 Å². The molecule has 2 atom stereocenters. The zero-order valence-corrected chi connectivity index (χ0v) is 14.9. The van der Waals surface area contributed by atoms with Crippen LogP contribution in [-0.4, -0.2) is 26.9 Å². The van der Waals surface area contributed by atoms with E-state index in [-0.39, 0.29) is 11.9 Å². The molecule has 0 aromatic heterocycles. The minimum Gasteiger partial charge on any atom is -0.312 e. The summed E-state index contributed by atoms with van der Waals surface area (Å²) in [5, 5.41) is 0. The first kappa shape index (κ1) is 16.1. The van der Waals surface area contributed by atoms with E-state index in [1.165, 1.54) is 6.42 Å². The number of hydrogen-bond acceptors (Lipinski definition) is 3. The fourth-order valence-corrected chi connectivity index (χ4v) is 5.84. The number of nitrogens with zero attached hydrogens (tertiary/aromatic N) is 1. The predicted octanol–water partition coefficient (Wildman–Crippen LogP) is 2.38. The molecule has 4 rings (SSSR count). The Hall–Kier alpha value is -1.40. The number of rotatable bonds is 3. The van der Waals surface area contributed by atoms with Crippen LogP contribution in [0.2, 0.25) is 0 Å². The molecule has 6 heteroatoms. The quantitative estimate of drug-likeness (QED) is 0.912. The highest BCUT2D eigenvalue weighted by molar-refractivity contribution is 7.89. The maximum atomic E-state index is 12.9. The number of sulfonamides is 1. The van der Waals surface area contributed by atoms with Gasteiger partial charge in [-0.25, -0.2) is 13.1 Å². The number of nitrogens with one attached hydrogen (secondary N) is 1. The molecule has 0 bridgehead atoms. The van der Waals surface area contributed by atoms with Crippen LogP contribution in [0.5, 0.6) is 0 Å². The van der Waals surface area contributed by atoms with E-state index in [1.54, 1.807) is 12.1 Å². The van der Waals surface area contributed by atoms with Crippen LogP contribution in [0.3, 0.4) is 0 Å². The number of anilines is 1. The molecule has 1 saturated carbocycles. The van der Waals surface area contributed by atoms with E-state index in [1.807, 2.05) is 4.90 Å². The van der Waals surface area contributed by atoms with Crippen LogP contribution in [0.15, 0.2) is 17.0 Å². The Morgan fingerprint density at radius 1 is 1.12 bits per heavy atom. The lowest BCUT2D eigenvalue weighted by atomic mass is 9.87. The monoisotopic (exact) mass is 348 g/mol. The van der Waals surface area contributed by atoms with Crippen molar-refractivity contribution in [3.8, 4) is 0 Å². The minimum atomic E-state index is -3.54. The number of benzene rings is 1. The summed E-state index contributed by atoms with van der Waals surface area (Å²) >= 11 is 0. The minimum absolute atomic E-state index is 0.0199. The first-order valence-corrected chi connectivity index (χ1v) is 10.4. The Morgan fingerprint density at radius 3 is 2.67 bits per heavy atom. The highest BCUT2D eigenvalue weighted by Gasteiger charge is 2.34. The van der Waals surface area contributed by atoms with Crippen LogP contribution in [0.1, 0.15) is 50.2 Å². The standard InChI is InChI=1S/C18H24N2O3S/c1-12-5-2-3-7-16(12)19-24(22,23)15-9-13-6-4-8-20-17(21)11-14(10-15)18(13)20/h9-10,12,16,19H,2-8,11H2,1H3. The molecule has 2 aliphatic heterocycles. The van der Waals surface area contributed by atoms with E-state index in [2.05, 4.69) is 11.6 Å². The number of amides is 1. The van der Waals surface area contributed by atoms with Crippen LogP contribution in [0.4, 0.5) is 5.69 Å². The fraction of sp³-hybridized carbons (Fsp3) is 0.611. The molecule has 0 spiro atoms. The second kappa shape index (κ2) is 5.85. The van der Waals surface area contributed by atoms with Gasteiger partial charge in [-0.1, -0.05) is 19.8 Å². The molecule has 1 aromatic rings. The van der Waals surface area contributed by atoms with Gasteiger partial charge in [0, 0.05) is 12.6 Å². The maximum Gasteiger partial charge on any atom is 0.240 e. The number of aryl methyl sites for hydroxylation is 1. The normalized spacial score (nSPS) is 26.5. The van der Waals surface area contributed by atoms with E-state index >= 15 is 0 Å². The molecule has 0 radical (unpaired) electrons. The van der Waals surface area contributed by atoms with E-state index in [0.717, 1.165) is 55.5 Å². The third kappa shape index (κ3) is 2.65. The molecule has 24 heavy (non-hydrogen) atoms. The van der Waals surface area contributed by atoms with Crippen molar-refractivity contribution < 1.29 is 13.2 Å². The number of carbonyl (C=O) groups excluding carboxylic acids is 1. The molecule has 1 aliphatic carbocycles. The van der Waals surface area contributed by atoms with E-state index in [9.17, 15) is 13.2 Å². The Bertz CT molecular complexity index is 788. The van der Waals surface area contributed by atoms with Gasteiger partial charge in [-0.15, -0.1) is 0 Å². The average molecular weight is 348 g/mol. The van der Waals surface area contributed by atoms with Crippen molar-refractivity contribution in [2.24, 2.45) is 5.92 Å². The van der Waals surface area contributed by atoms with Gasteiger partial charge in [-0.05, 0) is 54.9 Å². The molecule has 130 valence electrons. The summed E-state index contributed by atoms with van der Waals surface area (Å²) in [4.78, 5) is 14.3. The molecule has 5 nitrogen and oxygen atoms in total. The molecule has 1 fully saturated rings. The van der Waals surface area contributed by atoms with Crippen molar-refractivity contribution >= 4 is 21.6 Å². The molecule has 1 aromatic carbocycles. The topological polar surface area (TPSA) is 66.5 Å². The summed E-state index contributed by atoms with van der Waals surface area (Å²) in [7, 11) is -3.54. The van der Waals surface area contributed by atoms with Gasteiger partial charge in [0.1, 0.15) is 0 Å². The Morgan fingerprint density at radius 2 is 1.88 bits per heavy atom. The summed E-state index contributed by atoms with van der Waals surface area (Å²) in [5.74, 6) is 0.465.